The van der Waals surface area contributed by atoms with Crippen LogP contribution in [-0.4, -0.2) is 53.2 Å². The smallest absolute Gasteiger partial charge is 0.331 e. The van der Waals surface area contributed by atoms with Crippen molar-refractivity contribution in [1.29, 1.82) is 0 Å². The summed E-state index contributed by atoms with van der Waals surface area (Å²) in [6, 6.07) is 13.7. The van der Waals surface area contributed by atoms with Crippen molar-refractivity contribution in [3.63, 3.8) is 0 Å². The number of benzene rings is 2. The van der Waals surface area contributed by atoms with E-state index in [1.54, 1.807) is 12.1 Å². The average molecular weight is 473 g/mol. The molecule has 3 rings (SSSR count). The van der Waals surface area contributed by atoms with E-state index in [9.17, 15) is 18.0 Å². The molecule has 1 N–H and O–H groups in total. The number of hydrogen-bond donors (Lipinski definition) is 1. The van der Waals surface area contributed by atoms with E-state index >= 15 is 0 Å². The van der Waals surface area contributed by atoms with Crippen LogP contribution in [0.4, 0.5) is 5.69 Å². The first-order valence-corrected chi connectivity index (χ1v) is 12.3. The maximum Gasteiger partial charge on any atom is 0.331 e. The van der Waals surface area contributed by atoms with Crippen molar-refractivity contribution < 1.29 is 27.5 Å². The SMILES string of the molecule is CCOCCCNC(=O)COC(=O)/C=C/c1ccc(S(=O)(=O)N2CCc3ccccc32)cc1. The third kappa shape index (κ3) is 6.66. The molecule has 33 heavy (non-hydrogen) atoms. The first-order valence-electron chi connectivity index (χ1n) is 10.8. The number of para-hydroxylation sites is 1. The van der Waals surface area contributed by atoms with Crippen molar-refractivity contribution in [1.82, 2.24) is 5.32 Å². The van der Waals surface area contributed by atoms with E-state index in [2.05, 4.69) is 5.32 Å². The third-order valence-electron chi connectivity index (χ3n) is 5.06. The highest BCUT2D eigenvalue weighted by molar-refractivity contribution is 7.92. The molecule has 1 heterocycles. The molecule has 1 amide bonds. The lowest BCUT2D eigenvalue weighted by atomic mass is 10.2. The molecule has 0 spiro atoms. The number of esters is 1. The van der Waals surface area contributed by atoms with Crippen molar-refractivity contribution in [3.8, 4) is 0 Å². The van der Waals surface area contributed by atoms with Gasteiger partial charge in [-0.05, 0) is 55.2 Å². The molecular formula is C24H28N2O6S. The fraction of sp³-hybridized carbons (Fsp3) is 0.333. The number of nitrogens with one attached hydrogen (secondary N) is 1. The average Bonchev–Trinajstić information content (AvgIpc) is 3.27. The minimum atomic E-state index is -3.67. The molecule has 0 aliphatic carbocycles. The molecule has 176 valence electrons. The number of anilines is 1. The summed E-state index contributed by atoms with van der Waals surface area (Å²) >= 11 is 0. The standard InChI is InChI=1S/C24H28N2O6S/c1-2-31-17-5-15-25-23(27)18-32-24(28)13-10-19-8-11-21(12-9-19)33(29,30)26-16-14-20-6-3-4-7-22(20)26/h3-4,6-13H,2,5,14-18H2,1H3,(H,25,27)/b13-10+. The van der Waals surface area contributed by atoms with Crippen molar-refractivity contribution >= 4 is 33.7 Å². The number of nitrogens with zero attached hydrogens (tertiary/aromatic N) is 1. The molecule has 0 fully saturated rings. The molecule has 0 saturated heterocycles. The van der Waals surface area contributed by atoms with Gasteiger partial charge < -0.3 is 14.8 Å². The molecule has 0 atom stereocenters. The maximum absolute atomic E-state index is 13.0. The van der Waals surface area contributed by atoms with Crippen LogP contribution in [-0.2, 0) is 35.5 Å². The van der Waals surface area contributed by atoms with Crippen LogP contribution in [0.15, 0.2) is 59.5 Å². The van der Waals surface area contributed by atoms with Gasteiger partial charge in [0.1, 0.15) is 0 Å². The molecule has 2 aromatic carbocycles. The molecule has 9 heteroatoms. The molecule has 2 aromatic rings. The number of ether oxygens (including phenoxy) is 2. The van der Waals surface area contributed by atoms with Crippen molar-refractivity contribution in [3.05, 3.63) is 65.7 Å². The summed E-state index contributed by atoms with van der Waals surface area (Å²) in [7, 11) is -3.67. The van der Waals surface area contributed by atoms with E-state index in [0.717, 1.165) is 5.56 Å². The summed E-state index contributed by atoms with van der Waals surface area (Å²) in [5.41, 5.74) is 2.36. The fourth-order valence-electron chi connectivity index (χ4n) is 3.38. The van der Waals surface area contributed by atoms with Gasteiger partial charge in [0, 0.05) is 32.4 Å². The van der Waals surface area contributed by atoms with Gasteiger partial charge in [0.15, 0.2) is 6.61 Å². The number of hydrogen-bond acceptors (Lipinski definition) is 6. The summed E-state index contributed by atoms with van der Waals surface area (Å²) in [6.45, 7) is 3.58. The fourth-order valence-corrected chi connectivity index (χ4v) is 4.89. The normalized spacial score (nSPS) is 13.2. The van der Waals surface area contributed by atoms with Crippen molar-refractivity contribution in [2.45, 2.75) is 24.7 Å². The molecule has 0 radical (unpaired) electrons. The zero-order chi connectivity index (χ0) is 23.7. The number of carbonyl (C=O) groups excluding carboxylic acids is 2. The zero-order valence-corrected chi connectivity index (χ0v) is 19.3. The van der Waals surface area contributed by atoms with Crippen LogP contribution in [0.3, 0.4) is 0 Å². The second kappa shape index (κ2) is 11.6. The predicted molar refractivity (Wildman–Crippen MR) is 125 cm³/mol. The maximum atomic E-state index is 13.0. The van der Waals surface area contributed by atoms with Crippen molar-refractivity contribution in [2.24, 2.45) is 0 Å². The first kappa shape index (κ1) is 24.5. The Bertz CT molecular complexity index is 1100. The Morgan fingerprint density at radius 1 is 1.12 bits per heavy atom. The van der Waals surface area contributed by atoms with Gasteiger partial charge >= 0.3 is 5.97 Å². The van der Waals surface area contributed by atoms with Crippen molar-refractivity contribution in [2.75, 3.05) is 37.2 Å². The van der Waals surface area contributed by atoms with Gasteiger partial charge in [-0.2, -0.15) is 0 Å². The van der Waals surface area contributed by atoms with E-state index in [0.29, 0.717) is 50.4 Å². The number of carbonyl (C=O) groups is 2. The van der Waals surface area contributed by atoms with Gasteiger partial charge in [-0.25, -0.2) is 13.2 Å². The van der Waals surface area contributed by atoms with Crippen LogP contribution in [0.5, 0.6) is 0 Å². The van der Waals surface area contributed by atoms with Gasteiger partial charge in [-0.3, -0.25) is 9.10 Å². The first-order chi connectivity index (χ1) is 15.9. The molecule has 1 aliphatic heterocycles. The molecular weight excluding hydrogens is 444 g/mol. The second-order valence-electron chi connectivity index (χ2n) is 7.37. The quantitative estimate of drug-likeness (QED) is 0.306. The van der Waals surface area contributed by atoms with E-state index in [-0.39, 0.29) is 17.4 Å². The topological polar surface area (TPSA) is 102 Å². The molecule has 0 aromatic heterocycles. The molecule has 0 unspecified atom stereocenters. The number of rotatable bonds is 11. The van der Waals surface area contributed by atoms with Crippen LogP contribution < -0.4 is 9.62 Å². The van der Waals surface area contributed by atoms with Crippen LogP contribution >= 0.6 is 0 Å². The Labute approximate surface area is 194 Å². The Hall–Kier alpha value is -3.17. The summed E-state index contributed by atoms with van der Waals surface area (Å²) in [6.07, 6.45) is 4.07. The van der Waals surface area contributed by atoms with Crippen LogP contribution in [0, 0.1) is 0 Å². The minimum absolute atomic E-state index is 0.180. The Kier molecular flexibility index (Phi) is 8.62. The van der Waals surface area contributed by atoms with E-state index in [1.165, 1.54) is 28.6 Å². The summed E-state index contributed by atoms with van der Waals surface area (Å²) in [4.78, 5) is 23.7. The lowest BCUT2D eigenvalue weighted by Crippen LogP contribution is -2.29. The highest BCUT2D eigenvalue weighted by Gasteiger charge is 2.30. The minimum Gasteiger partial charge on any atom is -0.452 e. The third-order valence-corrected chi connectivity index (χ3v) is 6.89. The Morgan fingerprint density at radius 3 is 2.64 bits per heavy atom. The van der Waals surface area contributed by atoms with E-state index in [4.69, 9.17) is 9.47 Å². The summed E-state index contributed by atoms with van der Waals surface area (Å²) in [5.74, 6) is -1.05. The van der Waals surface area contributed by atoms with Gasteiger partial charge in [-0.15, -0.1) is 0 Å². The van der Waals surface area contributed by atoms with Gasteiger partial charge in [0.25, 0.3) is 15.9 Å². The predicted octanol–water partition coefficient (Wildman–Crippen LogP) is 2.54. The van der Waals surface area contributed by atoms with E-state index in [1.807, 2.05) is 31.2 Å². The lowest BCUT2D eigenvalue weighted by molar-refractivity contribution is -0.143. The van der Waals surface area contributed by atoms with Crippen LogP contribution in [0.1, 0.15) is 24.5 Å². The number of sulfonamides is 1. The van der Waals surface area contributed by atoms with Crippen LogP contribution in [0.2, 0.25) is 0 Å². The second-order valence-corrected chi connectivity index (χ2v) is 9.23. The van der Waals surface area contributed by atoms with Crippen LogP contribution in [0.25, 0.3) is 6.08 Å². The van der Waals surface area contributed by atoms with Gasteiger partial charge in [0.05, 0.1) is 10.6 Å². The molecule has 1 aliphatic rings. The molecule has 8 nitrogen and oxygen atoms in total. The highest BCUT2D eigenvalue weighted by atomic mass is 32.2. The summed E-state index contributed by atoms with van der Waals surface area (Å²) < 4.78 is 37.6. The number of fused-ring (bicyclic) bond motifs is 1. The van der Waals surface area contributed by atoms with Gasteiger partial charge in [0.2, 0.25) is 0 Å². The van der Waals surface area contributed by atoms with Gasteiger partial charge in [-0.1, -0.05) is 30.3 Å². The monoisotopic (exact) mass is 472 g/mol. The lowest BCUT2D eigenvalue weighted by Gasteiger charge is -2.19. The van der Waals surface area contributed by atoms with E-state index < -0.39 is 16.0 Å². The highest BCUT2D eigenvalue weighted by Crippen LogP contribution is 2.32. The Morgan fingerprint density at radius 2 is 1.88 bits per heavy atom. The molecule has 0 saturated carbocycles. The largest absolute Gasteiger partial charge is 0.452 e. The number of amides is 1. The molecule has 0 bridgehead atoms. The zero-order valence-electron chi connectivity index (χ0n) is 18.5. The summed E-state index contributed by atoms with van der Waals surface area (Å²) in [5, 5.41) is 2.64. The Balaban J connectivity index is 1.50.